The van der Waals surface area contributed by atoms with Gasteiger partial charge in [-0.1, -0.05) is 19.1 Å². The first-order chi connectivity index (χ1) is 6.76. The summed E-state index contributed by atoms with van der Waals surface area (Å²) in [6, 6.07) is 6.26. The SMILES string of the molecule is CCc1ccc2c(S)c(C=O)sc2c1. The van der Waals surface area contributed by atoms with E-state index < -0.39 is 0 Å². The van der Waals surface area contributed by atoms with Crippen LogP contribution in [0.4, 0.5) is 0 Å². The van der Waals surface area contributed by atoms with Crippen LogP contribution in [0.25, 0.3) is 10.1 Å². The normalized spacial score (nSPS) is 10.7. The predicted molar refractivity (Wildman–Crippen MR) is 63.8 cm³/mol. The van der Waals surface area contributed by atoms with Crippen molar-refractivity contribution in [3.8, 4) is 0 Å². The summed E-state index contributed by atoms with van der Waals surface area (Å²) in [5.41, 5.74) is 1.30. The first kappa shape index (κ1) is 9.74. The summed E-state index contributed by atoms with van der Waals surface area (Å²) in [4.78, 5) is 12.2. The first-order valence-electron chi connectivity index (χ1n) is 4.45. The van der Waals surface area contributed by atoms with E-state index in [2.05, 4.69) is 31.7 Å². The number of aldehydes is 1. The number of hydrogen-bond acceptors (Lipinski definition) is 3. The van der Waals surface area contributed by atoms with E-state index in [1.165, 1.54) is 16.9 Å². The molecule has 0 N–H and O–H groups in total. The Hall–Kier alpha value is -0.800. The van der Waals surface area contributed by atoms with Crippen LogP contribution in [0, 0.1) is 0 Å². The van der Waals surface area contributed by atoms with E-state index in [0.717, 1.165) is 32.6 Å². The Labute approximate surface area is 92.2 Å². The second-order valence-electron chi connectivity index (χ2n) is 3.12. The minimum absolute atomic E-state index is 0.719. The lowest BCUT2D eigenvalue weighted by Crippen LogP contribution is -1.77. The highest BCUT2D eigenvalue weighted by Gasteiger charge is 2.08. The molecule has 0 atom stereocenters. The van der Waals surface area contributed by atoms with Crippen LogP contribution in [0.3, 0.4) is 0 Å². The summed E-state index contributed by atoms with van der Waals surface area (Å²) >= 11 is 5.85. The molecule has 72 valence electrons. The fourth-order valence-corrected chi connectivity index (χ4v) is 2.89. The van der Waals surface area contributed by atoms with Crippen molar-refractivity contribution in [3.63, 3.8) is 0 Å². The van der Waals surface area contributed by atoms with Crippen LogP contribution >= 0.6 is 24.0 Å². The van der Waals surface area contributed by atoms with Crippen LogP contribution in [0.5, 0.6) is 0 Å². The van der Waals surface area contributed by atoms with E-state index in [1.54, 1.807) is 0 Å². The molecule has 0 amide bonds. The maximum absolute atomic E-state index is 10.7. The van der Waals surface area contributed by atoms with Gasteiger partial charge < -0.3 is 0 Å². The Bertz CT molecular complexity index is 485. The predicted octanol–water partition coefficient (Wildman–Crippen LogP) is 3.56. The van der Waals surface area contributed by atoms with Crippen molar-refractivity contribution >= 4 is 40.3 Å². The van der Waals surface area contributed by atoms with E-state index in [9.17, 15) is 4.79 Å². The number of fused-ring (bicyclic) bond motifs is 1. The van der Waals surface area contributed by atoms with E-state index in [4.69, 9.17) is 0 Å². The molecular formula is C11H10OS2. The number of hydrogen-bond donors (Lipinski definition) is 1. The second kappa shape index (κ2) is 3.75. The highest BCUT2D eigenvalue weighted by Crippen LogP contribution is 2.33. The molecule has 3 heteroatoms. The average Bonchev–Trinajstić information content (AvgIpc) is 2.55. The second-order valence-corrected chi connectivity index (χ2v) is 4.65. The smallest absolute Gasteiger partial charge is 0.161 e. The van der Waals surface area contributed by atoms with Gasteiger partial charge in [0.25, 0.3) is 0 Å². The maximum Gasteiger partial charge on any atom is 0.161 e. The third-order valence-corrected chi connectivity index (χ3v) is 3.98. The molecule has 0 spiro atoms. The summed E-state index contributed by atoms with van der Waals surface area (Å²) < 4.78 is 1.15. The average molecular weight is 222 g/mol. The molecule has 0 saturated heterocycles. The molecule has 0 bridgehead atoms. The summed E-state index contributed by atoms with van der Waals surface area (Å²) in [7, 11) is 0. The van der Waals surface area contributed by atoms with Crippen molar-refractivity contribution in [2.75, 3.05) is 0 Å². The lowest BCUT2D eigenvalue weighted by molar-refractivity contribution is 0.112. The number of benzene rings is 1. The van der Waals surface area contributed by atoms with Crippen LogP contribution in [-0.2, 0) is 6.42 Å². The van der Waals surface area contributed by atoms with Crippen LogP contribution < -0.4 is 0 Å². The van der Waals surface area contributed by atoms with Crippen molar-refractivity contribution in [3.05, 3.63) is 28.6 Å². The summed E-state index contributed by atoms with van der Waals surface area (Å²) in [6.45, 7) is 2.12. The minimum atomic E-state index is 0.719. The Morgan fingerprint density at radius 3 is 2.93 bits per heavy atom. The number of thiol groups is 1. The standard InChI is InChI=1S/C11H10OS2/c1-2-7-3-4-8-9(5-7)14-10(6-12)11(8)13/h3-6,13H,2H2,1H3. The van der Waals surface area contributed by atoms with E-state index in [-0.39, 0.29) is 0 Å². The number of rotatable bonds is 2. The summed E-state index contributed by atoms with van der Waals surface area (Å²) in [5, 5.41) is 1.08. The summed E-state index contributed by atoms with van der Waals surface area (Å²) in [5.74, 6) is 0. The number of carbonyl (C=O) groups excluding carboxylic acids is 1. The molecule has 0 fully saturated rings. The topological polar surface area (TPSA) is 17.1 Å². The van der Waals surface area contributed by atoms with Gasteiger partial charge in [0.2, 0.25) is 0 Å². The van der Waals surface area contributed by atoms with Gasteiger partial charge in [0.15, 0.2) is 6.29 Å². The Morgan fingerprint density at radius 2 is 2.29 bits per heavy atom. The van der Waals surface area contributed by atoms with Crippen molar-refractivity contribution in [2.45, 2.75) is 18.2 Å². The molecule has 1 nitrogen and oxygen atoms in total. The van der Waals surface area contributed by atoms with E-state index >= 15 is 0 Å². The third kappa shape index (κ3) is 1.47. The molecule has 1 aromatic carbocycles. The van der Waals surface area contributed by atoms with Crippen molar-refractivity contribution in [2.24, 2.45) is 0 Å². The largest absolute Gasteiger partial charge is 0.297 e. The van der Waals surface area contributed by atoms with Crippen molar-refractivity contribution in [1.82, 2.24) is 0 Å². The molecule has 0 aliphatic rings. The van der Waals surface area contributed by atoms with Crippen LogP contribution in [0.1, 0.15) is 22.2 Å². The molecule has 0 unspecified atom stereocenters. The lowest BCUT2D eigenvalue weighted by atomic mass is 10.1. The van der Waals surface area contributed by atoms with Gasteiger partial charge >= 0.3 is 0 Å². The highest BCUT2D eigenvalue weighted by molar-refractivity contribution is 7.81. The molecular weight excluding hydrogens is 212 g/mol. The first-order valence-corrected chi connectivity index (χ1v) is 5.72. The molecule has 0 aliphatic carbocycles. The van der Waals surface area contributed by atoms with Gasteiger partial charge in [-0.15, -0.1) is 24.0 Å². The van der Waals surface area contributed by atoms with Crippen LogP contribution in [-0.4, -0.2) is 6.29 Å². The third-order valence-electron chi connectivity index (χ3n) is 2.27. The molecule has 0 radical (unpaired) electrons. The molecule has 1 aromatic heterocycles. The molecule has 2 rings (SSSR count). The molecule has 2 aromatic rings. The van der Waals surface area contributed by atoms with Gasteiger partial charge in [0.05, 0.1) is 4.88 Å². The quantitative estimate of drug-likeness (QED) is 0.607. The molecule has 0 aliphatic heterocycles. The zero-order valence-corrected chi connectivity index (χ0v) is 9.49. The molecule has 14 heavy (non-hydrogen) atoms. The van der Waals surface area contributed by atoms with Gasteiger partial charge in [-0.2, -0.15) is 0 Å². The van der Waals surface area contributed by atoms with Gasteiger partial charge in [-0.25, -0.2) is 0 Å². The zero-order chi connectivity index (χ0) is 10.1. The van der Waals surface area contributed by atoms with Crippen LogP contribution in [0.2, 0.25) is 0 Å². The fourth-order valence-electron chi connectivity index (χ4n) is 1.45. The van der Waals surface area contributed by atoms with Gasteiger partial charge in [0.1, 0.15) is 0 Å². The van der Waals surface area contributed by atoms with Gasteiger partial charge in [-0.3, -0.25) is 4.79 Å². The van der Waals surface area contributed by atoms with Gasteiger partial charge in [-0.05, 0) is 18.1 Å². The zero-order valence-electron chi connectivity index (χ0n) is 7.78. The highest BCUT2D eigenvalue weighted by atomic mass is 32.1. The van der Waals surface area contributed by atoms with E-state index in [0.29, 0.717) is 0 Å². The Morgan fingerprint density at radius 1 is 1.50 bits per heavy atom. The number of aryl methyl sites for hydroxylation is 1. The van der Waals surface area contributed by atoms with Crippen LogP contribution in [0.15, 0.2) is 23.1 Å². The monoisotopic (exact) mass is 222 g/mol. The fraction of sp³-hybridized carbons (Fsp3) is 0.182. The summed E-state index contributed by atoms with van der Waals surface area (Å²) in [6.07, 6.45) is 1.89. The molecule has 0 saturated carbocycles. The van der Waals surface area contributed by atoms with Crippen molar-refractivity contribution < 1.29 is 4.79 Å². The number of carbonyl (C=O) groups is 1. The van der Waals surface area contributed by atoms with Crippen molar-refractivity contribution in [1.29, 1.82) is 0 Å². The maximum atomic E-state index is 10.7. The Balaban J connectivity index is 2.72. The Kier molecular flexibility index (Phi) is 2.61. The lowest BCUT2D eigenvalue weighted by Gasteiger charge is -1.95. The van der Waals surface area contributed by atoms with Gasteiger partial charge in [0, 0.05) is 15.0 Å². The number of thiophene rings is 1. The van der Waals surface area contributed by atoms with E-state index in [1.807, 2.05) is 6.07 Å². The molecule has 1 heterocycles. The minimum Gasteiger partial charge on any atom is -0.297 e.